The molecule has 1 atom stereocenters. The second-order valence-corrected chi connectivity index (χ2v) is 4.49. The molecule has 0 spiro atoms. The van der Waals surface area contributed by atoms with Gasteiger partial charge in [0.2, 0.25) is 5.60 Å². The molecule has 0 aromatic carbocycles. The van der Waals surface area contributed by atoms with E-state index in [9.17, 15) is 14.4 Å². The van der Waals surface area contributed by atoms with Gasteiger partial charge in [0, 0.05) is 18.4 Å². The van der Waals surface area contributed by atoms with Gasteiger partial charge in [-0.15, -0.1) is 0 Å². The summed E-state index contributed by atoms with van der Waals surface area (Å²) in [7, 11) is 0. The van der Waals surface area contributed by atoms with Crippen molar-refractivity contribution in [3.63, 3.8) is 0 Å². The van der Waals surface area contributed by atoms with Crippen molar-refractivity contribution < 1.29 is 19.1 Å². The van der Waals surface area contributed by atoms with Crippen molar-refractivity contribution in [3.05, 3.63) is 11.1 Å². The van der Waals surface area contributed by atoms with Crippen LogP contribution in [0.3, 0.4) is 0 Å². The van der Waals surface area contributed by atoms with Gasteiger partial charge in [-0.25, -0.2) is 4.79 Å². The number of allylic oxidation sites excluding steroid dienone is 1. The van der Waals surface area contributed by atoms with E-state index in [-0.39, 0.29) is 24.0 Å². The van der Waals surface area contributed by atoms with E-state index in [4.69, 9.17) is 4.74 Å². The van der Waals surface area contributed by atoms with Gasteiger partial charge in [-0.3, -0.25) is 9.59 Å². The van der Waals surface area contributed by atoms with Crippen LogP contribution in [0.15, 0.2) is 11.1 Å². The standard InChI is InChI=1S/C12H16O4/c1-7(6-12(4)11(15)16-12)10(9(3)14)5-8(2)13/h5-6H2,1-4H3/t12-/m1/s1. The molecule has 4 heteroatoms. The number of rotatable bonds is 5. The van der Waals surface area contributed by atoms with Gasteiger partial charge in [0.15, 0.2) is 5.78 Å². The fourth-order valence-corrected chi connectivity index (χ4v) is 1.72. The summed E-state index contributed by atoms with van der Waals surface area (Å²) in [4.78, 5) is 33.4. The number of ether oxygens (including phenoxy) is 1. The van der Waals surface area contributed by atoms with Gasteiger partial charge in [-0.2, -0.15) is 0 Å². The van der Waals surface area contributed by atoms with E-state index in [0.29, 0.717) is 12.0 Å². The Balaban J connectivity index is 2.85. The second kappa shape index (κ2) is 4.20. The zero-order valence-electron chi connectivity index (χ0n) is 10.0. The Morgan fingerprint density at radius 2 is 1.75 bits per heavy atom. The van der Waals surface area contributed by atoms with Gasteiger partial charge in [0.05, 0.1) is 0 Å². The van der Waals surface area contributed by atoms with Crippen LogP contribution in [0.4, 0.5) is 0 Å². The Labute approximate surface area is 94.7 Å². The number of cyclic esters (lactones) is 1. The van der Waals surface area contributed by atoms with Crippen molar-refractivity contribution in [2.24, 2.45) is 0 Å². The maximum absolute atomic E-state index is 11.4. The molecule has 0 aromatic rings. The maximum Gasteiger partial charge on any atom is 0.351 e. The largest absolute Gasteiger partial charge is 0.444 e. The molecule has 0 aliphatic carbocycles. The van der Waals surface area contributed by atoms with Gasteiger partial charge >= 0.3 is 5.97 Å². The molecule has 1 fully saturated rings. The summed E-state index contributed by atoms with van der Waals surface area (Å²) in [5.74, 6) is -0.431. The first-order valence-electron chi connectivity index (χ1n) is 5.18. The summed E-state index contributed by atoms with van der Waals surface area (Å²) < 4.78 is 4.84. The van der Waals surface area contributed by atoms with Crippen LogP contribution in [0.2, 0.25) is 0 Å². The molecule has 16 heavy (non-hydrogen) atoms. The molecular weight excluding hydrogens is 208 g/mol. The molecule has 0 unspecified atom stereocenters. The predicted octanol–water partition coefficient (Wildman–Crippen LogP) is 1.58. The zero-order valence-corrected chi connectivity index (χ0v) is 10.0. The summed E-state index contributed by atoms with van der Waals surface area (Å²) in [5.41, 5.74) is 0.481. The van der Waals surface area contributed by atoms with Crippen molar-refractivity contribution in [1.82, 2.24) is 0 Å². The van der Waals surface area contributed by atoms with Crippen LogP contribution in [-0.4, -0.2) is 23.1 Å². The normalized spacial score (nSPS) is 24.6. The third-order valence-corrected chi connectivity index (χ3v) is 2.68. The lowest BCUT2D eigenvalue weighted by Crippen LogP contribution is -2.12. The highest BCUT2D eigenvalue weighted by atomic mass is 16.7. The molecule has 0 N–H and O–H groups in total. The summed E-state index contributed by atoms with van der Waals surface area (Å²) in [5, 5.41) is 0. The second-order valence-electron chi connectivity index (χ2n) is 4.49. The molecule has 4 nitrogen and oxygen atoms in total. The molecule has 1 saturated heterocycles. The topological polar surface area (TPSA) is 63.7 Å². The minimum atomic E-state index is -0.776. The highest BCUT2D eigenvalue weighted by molar-refractivity contribution is 5.99. The number of hydrogen-bond donors (Lipinski definition) is 0. The Hall–Kier alpha value is -1.45. The molecule has 0 amide bonds. The van der Waals surface area contributed by atoms with Crippen LogP contribution < -0.4 is 0 Å². The maximum atomic E-state index is 11.4. The first kappa shape index (κ1) is 12.6. The van der Waals surface area contributed by atoms with E-state index in [1.54, 1.807) is 13.8 Å². The molecule has 1 rings (SSSR count). The van der Waals surface area contributed by atoms with Crippen molar-refractivity contribution >= 4 is 17.5 Å². The molecule has 0 radical (unpaired) electrons. The average Bonchev–Trinajstić information content (AvgIpc) is 2.68. The fourth-order valence-electron chi connectivity index (χ4n) is 1.72. The Morgan fingerprint density at radius 1 is 1.25 bits per heavy atom. The van der Waals surface area contributed by atoms with Crippen LogP contribution in [0.1, 0.15) is 40.5 Å². The van der Waals surface area contributed by atoms with E-state index >= 15 is 0 Å². The minimum Gasteiger partial charge on any atom is -0.444 e. The smallest absolute Gasteiger partial charge is 0.351 e. The third kappa shape index (κ3) is 2.78. The fraction of sp³-hybridized carbons (Fsp3) is 0.583. The first-order chi connectivity index (χ1) is 7.26. The number of carbonyl (C=O) groups is 3. The third-order valence-electron chi connectivity index (χ3n) is 2.68. The summed E-state index contributed by atoms with van der Waals surface area (Å²) in [6.07, 6.45) is 0.513. The SMILES string of the molecule is CC(=O)CC(C(C)=O)=C(C)C[C@@]1(C)OC1=O. The van der Waals surface area contributed by atoms with E-state index in [1.165, 1.54) is 13.8 Å². The van der Waals surface area contributed by atoms with Crippen LogP contribution in [0.5, 0.6) is 0 Å². The Morgan fingerprint density at radius 3 is 2.06 bits per heavy atom. The van der Waals surface area contributed by atoms with Gasteiger partial charge in [0.1, 0.15) is 5.78 Å². The zero-order chi connectivity index (χ0) is 12.5. The van der Waals surface area contributed by atoms with E-state index in [2.05, 4.69) is 0 Å². The van der Waals surface area contributed by atoms with E-state index < -0.39 is 5.60 Å². The van der Waals surface area contributed by atoms with Gasteiger partial charge in [0.25, 0.3) is 0 Å². The highest BCUT2D eigenvalue weighted by Gasteiger charge is 2.53. The lowest BCUT2D eigenvalue weighted by Gasteiger charge is -2.08. The summed E-state index contributed by atoms with van der Waals surface area (Å²) in [6, 6.07) is 0. The van der Waals surface area contributed by atoms with Crippen LogP contribution in [0, 0.1) is 0 Å². The molecule has 0 saturated carbocycles. The van der Waals surface area contributed by atoms with Crippen LogP contribution in [-0.2, 0) is 19.1 Å². The lowest BCUT2D eigenvalue weighted by molar-refractivity contribution is -0.119. The van der Waals surface area contributed by atoms with Crippen molar-refractivity contribution in [1.29, 1.82) is 0 Å². The van der Waals surface area contributed by atoms with Crippen molar-refractivity contribution in [2.45, 2.75) is 46.1 Å². The monoisotopic (exact) mass is 224 g/mol. The Kier molecular flexibility index (Phi) is 3.31. The number of Topliss-reactive ketones (excluding diaryl/α,β-unsaturated/α-hetero) is 2. The highest BCUT2D eigenvalue weighted by Crippen LogP contribution is 2.36. The number of ketones is 2. The number of epoxide rings is 1. The van der Waals surface area contributed by atoms with Gasteiger partial charge < -0.3 is 4.74 Å². The lowest BCUT2D eigenvalue weighted by atomic mass is 9.94. The first-order valence-corrected chi connectivity index (χ1v) is 5.18. The number of carbonyl (C=O) groups excluding carboxylic acids is 3. The Bertz CT molecular complexity index is 392. The van der Waals surface area contributed by atoms with Gasteiger partial charge in [-0.05, 0) is 27.7 Å². The van der Waals surface area contributed by atoms with Crippen LogP contribution in [0.25, 0.3) is 0 Å². The molecular formula is C12H16O4. The van der Waals surface area contributed by atoms with E-state index in [0.717, 1.165) is 5.57 Å². The minimum absolute atomic E-state index is 0.0576. The average molecular weight is 224 g/mol. The molecule has 1 aliphatic rings. The van der Waals surface area contributed by atoms with Crippen molar-refractivity contribution in [3.8, 4) is 0 Å². The summed E-state index contributed by atoms with van der Waals surface area (Å²) in [6.45, 7) is 6.32. The molecule has 0 bridgehead atoms. The summed E-state index contributed by atoms with van der Waals surface area (Å²) >= 11 is 0. The van der Waals surface area contributed by atoms with E-state index in [1.807, 2.05) is 0 Å². The van der Waals surface area contributed by atoms with Crippen molar-refractivity contribution in [2.75, 3.05) is 0 Å². The quantitative estimate of drug-likeness (QED) is 0.525. The molecule has 88 valence electrons. The molecule has 1 heterocycles. The predicted molar refractivity (Wildman–Crippen MR) is 57.8 cm³/mol. The number of hydrogen-bond acceptors (Lipinski definition) is 4. The molecule has 0 aromatic heterocycles. The van der Waals surface area contributed by atoms with Gasteiger partial charge in [-0.1, -0.05) is 5.57 Å². The van der Waals surface area contributed by atoms with Crippen LogP contribution >= 0.6 is 0 Å². The molecule has 1 aliphatic heterocycles.